The van der Waals surface area contributed by atoms with E-state index >= 15 is 0 Å². The lowest BCUT2D eigenvalue weighted by Crippen LogP contribution is -2.50. The molecule has 0 radical (unpaired) electrons. The van der Waals surface area contributed by atoms with Gasteiger partial charge in [0.15, 0.2) is 0 Å². The molecular formula is C13H23N5O. The van der Waals surface area contributed by atoms with Gasteiger partial charge in [0.1, 0.15) is 0 Å². The van der Waals surface area contributed by atoms with Gasteiger partial charge in [-0.15, -0.1) is 0 Å². The number of carbonyl (C=O) groups is 1. The fourth-order valence-electron chi connectivity index (χ4n) is 2.36. The Morgan fingerprint density at radius 1 is 1.42 bits per heavy atom. The molecule has 0 aromatic carbocycles. The molecule has 6 nitrogen and oxygen atoms in total. The summed E-state index contributed by atoms with van der Waals surface area (Å²) in [6.45, 7) is 7.32. The van der Waals surface area contributed by atoms with Crippen molar-refractivity contribution in [3.05, 3.63) is 18.0 Å². The Morgan fingerprint density at radius 3 is 2.63 bits per heavy atom. The second-order valence-corrected chi connectivity index (χ2v) is 5.34. The number of hydrogen-bond acceptors (Lipinski definition) is 4. The molecule has 1 fully saturated rings. The van der Waals surface area contributed by atoms with Crippen molar-refractivity contribution in [2.24, 2.45) is 18.7 Å². The van der Waals surface area contributed by atoms with Crippen molar-refractivity contribution in [1.29, 1.82) is 0 Å². The summed E-state index contributed by atoms with van der Waals surface area (Å²) in [4.78, 5) is 16.5. The van der Waals surface area contributed by atoms with E-state index in [1.54, 1.807) is 17.1 Å². The predicted molar refractivity (Wildman–Crippen MR) is 73.8 cm³/mol. The Hall–Kier alpha value is -1.40. The van der Waals surface area contributed by atoms with Crippen LogP contribution in [0.15, 0.2) is 12.4 Å². The van der Waals surface area contributed by atoms with Gasteiger partial charge in [-0.2, -0.15) is 5.10 Å². The van der Waals surface area contributed by atoms with Gasteiger partial charge in [0.25, 0.3) is 5.91 Å². The highest BCUT2D eigenvalue weighted by Gasteiger charge is 2.23. The third-order valence-electron chi connectivity index (χ3n) is 3.58. The van der Waals surface area contributed by atoms with E-state index in [1.165, 1.54) is 0 Å². The van der Waals surface area contributed by atoms with Crippen molar-refractivity contribution in [2.45, 2.75) is 6.92 Å². The molecule has 1 amide bonds. The molecule has 0 saturated carbocycles. The van der Waals surface area contributed by atoms with Crippen LogP contribution in [0, 0.1) is 5.92 Å². The van der Waals surface area contributed by atoms with E-state index in [0.29, 0.717) is 11.5 Å². The van der Waals surface area contributed by atoms with Crippen LogP contribution in [0.4, 0.5) is 0 Å². The molecule has 2 rings (SSSR count). The summed E-state index contributed by atoms with van der Waals surface area (Å²) in [6.07, 6.45) is 3.40. The fraction of sp³-hybridized carbons (Fsp3) is 0.692. The molecule has 0 aliphatic carbocycles. The number of aromatic nitrogens is 2. The molecule has 0 bridgehead atoms. The molecule has 1 atom stereocenters. The second kappa shape index (κ2) is 6.16. The molecule has 1 aliphatic rings. The summed E-state index contributed by atoms with van der Waals surface area (Å²) in [5.74, 6) is 0.597. The first-order valence-corrected chi connectivity index (χ1v) is 6.80. The maximum Gasteiger partial charge on any atom is 0.257 e. The van der Waals surface area contributed by atoms with Gasteiger partial charge in [-0.1, -0.05) is 6.92 Å². The number of carbonyl (C=O) groups excluding carboxylic acids is 1. The lowest BCUT2D eigenvalue weighted by molar-refractivity contribution is 0.0622. The van der Waals surface area contributed by atoms with Crippen molar-refractivity contribution in [1.82, 2.24) is 19.6 Å². The third-order valence-corrected chi connectivity index (χ3v) is 3.58. The highest BCUT2D eigenvalue weighted by atomic mass is 16.2. The number of nitrogens with zero attached hydrogens (tertiary/aromatic N) is 4. The number of piperazine rings is 1. The smallest absolute Gasteiger partial charge is 0.257 e. The first kappa shape index (κ1) is 14.0. The summed E-state index contributed by atoms with van der Waals surface area (Å²) < 4.78 is 1.66. The Kier molecular flexibility index (Phi) is 4.55. The zero-order valence-corrected chi connectivity index (χ0v) is 11.7. The Labute approximate surface area is 114 Å². The average Bonchev–Trinajstić information content (AvgIpc) is 2.85. The van der Waals surface area contributed by atoms with Crippen LogP contribution < -0.4 is 5.73 Å². The van der Waals surface area contributed by atoms with Gasteiger partial charge in [-0.05, 0) is 12.5 Å². The van der Waals surface area contributed by atoms with E-state index < -0.39 is 0 Å². The van der Waals surface area contributed by atoms with E-state index in [0.717, 1.165) is 39.3 Å². The summed E-state index contributed by atoms with van der Waals surface area (Å²) in [7, 11) is 1.82. The topological polar surface area (TPSA) is 67.4 Å². The highest BCUT2D eigenvalue weighted by molar-refractivity contribution is 5.93. The normalized spacial score (nSPS) is 18.6. The number of hydrogen-bond donors (Lipinski definition) is 1. The molecule has 1 saturated heterocycles. The molecule has 1 aromatic rings. The Balaban J connectivity index is 1.84. The molecule has 1 aliphatic heterocycles. The lowest BCUT2D eigenvalue weighted by Gasteiger charge is -2.35. The van der Waals surface area contributed by atoms with Crippen LogP contribution in [0.3, 0.4) is 0 Å². The minimum atomic E-state index is 0.0830. The van der Waals surface area contributed by atoms with Crippen LogP contribution >= 0.6 is 0 Å². The van der Waals surface area contributed by atoms with E-state index in [2.05, 4.69) is 16.9 Å². The number of nitrogens with two attached hydrogens (primary N) is 1. The first-order valence-electron chi connectivity index (χ1n) is 6.80. The van der Waals surface area contributed by atoms with Crippen LogP contribution in [0.5, 0.6) is 0 Å². The van der Waals surface area contributed by atoms with Crippen LogP contribution in [0.1, 0.15) is 17.3 Å². The van der Waals surface area contributed by atoms with E-state index in [-0.39, 0.29) is 5.91 Å². The minimum Gasteiger partial charge on any atom is -0.336 e. The lowest BCUT2D eigenvalue weighted by atomic mass is 10.1. The molecule has 2 heterocycles. The molecule has 1 aromatic heterocycles. The van der Waals surface area contributed by atoms with Gasteiger partial charge in [-0.25, -0.2) is 0 Å². The quantitative estimate of drug-likeness (QED) is 0.817. The van der Waals surface area contributed by atoms with Gasteiger partial charge in [0, 0.05) is 46.0 Å². The predicted octanol–water partition coefficient (Wildman–Crippen LogP) is -0.227. The highest BCUT2D eigenvalue weighted by Crippen LogP contribution is 2.09. The summed E-state index contributed by atoms with van der Waals surface area (Å²) in [5, 5.41) is 4.04. The van der Waals surface area contributed by atoms with Crippen LogP contribution in [0.25, 0.3) is 0 Å². The van der Waals surface area contributed by atoms with Crippen LogP contribution in [-0.4, -0.2) is 64.8 Å². The number of amides is 1. The van der Waals surface area contributed by atoms with Crippen molar-refractivity contribution in [3.63, 3.8) is 0 Å². The van der Waals surface area contributed by atoms with E-state index in [9.17, 15) is 4.79 Å². The average molecular weight is 265 g/mol. The largest absolute Gasteiger partial charge is 0.336 e. The van der Waals surface area contributed by atoms with Gasteiger partial charge < -0.3 is 10.6 Å². The molecule has 19 heavy (non-hydrogen) atoms. The first-order chi connectivity index (χ1) is 9.10. The minimum absolute atomic E-state index is 0.0830. The SMILES string of the molecule is CC(CN)CN1CCN(C(=O)c2cnn(C)c2)CC1. The van der Waals surface area contributed by atoms with Crippen molar-refractivity contribution < 1.29 is 4.79 Å². The summed E-state index contributed by atoms with van der Waals surface area (Å²) >= 11 is 0. The molecule has 106 valence electrons. The van der Waals surface area contributed by atoms with Gasteiger partial charge in [0.05, 0.1) is 11.8 Å². The maximum absolute atomic E-state index is 12.2. The fourth-order valence-corrected chi connectivity index (χ4v) is 2.36. The van der Waals surface area contributed by atoms with Crippen LogP contribution in [0.2, 0.25) is 0 Å². The van der Waals surface area contributed by atoms with Crippen molar-refractivity contribution in [3.8, 4) is 0 Å². The maximum atomic E-state index is 12.2. The molecule has 2 N–H and O–H groups in total. The Morgan fingerprint density at radius 2 is 2.11 bits per heavy atom. The summed E-state index contributed by atoms with van der Waals surface area (Å²) in [5.41, 5.74) is 6.32. The zero-order valence-electron chi connectivity index (χ0n) is 11.7. The summed E-state index contributed by atoms with van der Waals surface area (Å²) in [6, 6.07) is 0. The van der Waals surface area contributed by atoms with Crippen molar-refractivity contribution >= 4 is 5.91 Å². The number of rotatable bonds is 4. The van der Waals surface area contributed by atoms with Gasteiger partial charge in [0.2, 0.25) is 0 Å². The van der Waals surface area contributed by atoms with Crippen molar-refractivity contribution in [2.75, 3.05) is 39.3 Å². The standard InChI is InChI=1S/C13H23N5O/c1-11(7-14)9-17-3-5-18(6-4-17)13(19)12-8-15-16(2)10-12/h8,10-11H,3-7,9,14H2,1-2H3. The molecule has 1 unspecified atom stereocenters. The third kappa shape index (κ3) is 3.54. The molecular weight excluding hydrogens is 242 g/mol. The number of aryl methyl sites for hydroxylation is 1. The van der Waals surface area contributed by atoms with E-state index in [1.807, 2.05) is 11.9 Å². The monoisotopic (exact) mass is 265 g/mol. The van der Waals surface area contributed by atoms with E-state index in [4.69, 9.17) is 5.73 Å². The second-order valence-electron chi connectivity index (χ2n) is 5.34. The van der Waals surface area contributed by atoms with Gasteiger partial charge in [-0.3, -0.25) is 14.4 Å². The Bertz CT molecular complexity index is 422. The molecule has 0 spiro atoms. The van der Waals surface area contributed by atoms with Gasteiger partial charge >= 0.3 is 0 Å². The van der Waals surface area contributed by atoms with Crippen LogP contribution in [-0.2, 0) is 7.05 Å². The zero-order chi connectivity index (χ0) is 13.8. The molecule has 6 heteroatoms.